The van der Waals surface area contributed by atoms with Crippen LogP contribution in [0.4, 0.5) is 11.4 Å². The largest absolute Gasteiger partial charge is 0.341 e. The zero-order valence-electron chi connectivity index (χ0n) is 13.0. The molecule has 0 amide bonds. The Hall–Kier alpha value is -1.12. The number of para-hydroxylation sites is 1. The highest BCUT2D eigenvalue weighted by Crippen LogP contribution is 2.38. The maximum absolute atomic E-state index is 5.97. The van der Waals surface area contributed by atoms with Crippen molar-refractivity contribution in [2.75, 3.05) is 23.1 Å². The molecule has 0 aliphatic carbocycles. The van der Waals surface area contributed by atoms with E-state index in [2.05, 4.69) is 54.3 Å². The van der Waals surface area contributed by atoms with Crippen LogP contribution in [0.5, 0.6) is 0 Å². The second-order valence-electron chi connectivity index (χ2n) is 5.55. The van der Waals surface area contributed by atoms with Crippen LogP contribution in [0, 0.1) is 0 Å². The summed E-state index contributed by atoms with van der Waals surface area (Å²) in [5.41, 5.74) is 5.61. The van der Waals surface area contributed by atoms with Gasteiger partial charge >= 0.3 is 0 Å². The summed E-state index contributed by atoms with van der Waals surface area (Å²) in [7, 11) is 0. The van der Waals surface area contributed by atoms with Crippen molar-refractivity contribution in [3.05, 3.63) is 53.6 Å². The Balaban J connectivity index is 2.06. The van der Waals surface area contributed by atoms with Gasteiger partial charge in [0.25, 0.3) is 0 Å². The number of thioether (sulfide) groups is 1. The van der Waals surface area contributed by atoms with Crippen molar-refractivity contribution in [3.63, 3.8) is 0 Å². The molecule has 1 nitrogen and oxygen atoms in total. The lowest BCUT2D eigenvalue weighted by atomic mass is 10.0. The minimum Gasteiger partial charge on any atom is -0.341 e. The smallest absolute Gasteiger partial charge is 0.0454 e. The fraction of sp³-hybridized carbons (Fsp3) is 0.368. The predicted octanol–water partition coefficient (Wildman–Crippen LogP) is 5.66. The van der Waals surface area contributed by atoms with E-state index in [1.165, 1.54) is 27.4 Å². The molecule has 0 atom stereocenters. The SMILES string of the molecule is CCSc1ccc2c(c1)N(CCCCl)c1ccccc1CC2. The first kappa shape index (κ1) is 15.8. The summed E-state index contributed by atoms with van der Waals surface area (Å²) in [4.78, 5) is 3.83. The van der Waals surface area contributed by atoms with E-state index in [0.717, 1.165) is 31.6 Å². The quantitative estimate of drug-likeness (QED) is 0.513. The van der Waals surface area contributed by atoms with E-state index < -0.39 is 0 Å². The Morgan fingerprint density at radius 3 is 2.59 bits per heavy atom. The topological polar surface area (TPSA) is 3.24 Å². The number of fused-ring (bicyclic) bond motifs is 2. The van der Waals surface area contributed by atoms with Gasteiger partial charge in [-0.3, -0.25) is 0 Å². The Kier molecular flexibility index (Phi) is 5.32. The Labute approximate surface area is 142 Å². The van der Waals surface area contributed by atoms with Gasteiger partial charge < -0.3 is 4.90 Å². The molecule has 1 aliphatic heterocycles. The normalized spacial score (nSPS) is 13.5. The number of halogens is 1. The van der Waals surface area contributed by atoms with Gasteiger partial charge in [-0.2, -0.15) is 0 Å². The van der Waals surface area contributed by atoms with Gasteiger partial charge in [0, 0.05) is 28.7 Å². The number of nitrogens with zero attached hydrogens (tertiary/aromatic N) is 1. The van der Waals surface area contributed by atoms with Crippen LogP contribution in [-0.4, -0.2) is 18.2 Å². The van der Waals surface area contributed by atoms with Gasteiger partial charge in [-0.1, -0.05) is 31.2 Å². The van der Waals surface area contributed by atoms with Gasteiger partial charge in [-0.25, -0.2) is 0 Å². The van der Waals surface area contributed by atoms with E-state index in [-0.39, 0.29) is 0 Å². The molecule has 2 aromatic carbocycles. The van der Waals surface area contributed by atoms with Crippen molar-refractivity contribution in [3.8, 4) is 0 Å². The molecule has 0 spiro atoms. The summed E-state index contributed by atoms with van der Waals surface area (Å²) in [5, 5.41) is 0. The lowest BCUT2D eigenvalue weighted by Gasteiger charge is -2.27. The van der Waals surface area contributed by atoms with Crippen LogP contribution in [0.3, 0.4) is 0 Å². The van der Waals surface area contributed by atoms with Crippen LogP contribution >= 0.6 is 23.4 Å². The molecule has 0 N–H and O–H groups in total. The number of benzene rings is 2. The van der Waals surface area contributed by atoms with E-state index in [4.69, 9.17) is 11.6 Å². The first-order chi connectivity index (χ1) is 10.8. The molecule has 0 saturated heterocycles. The Morgan fingerprint density at radius 2 is 1.82 bits per heavy atom. The van der Waals surface area contributed by atoms with Gasteiger partial charge in [-0.05, 0) is 54.3 Å². The first-order valence-electron chi connectivity index (χ1n) is 8.00. The van der Waals surface area contributed by atoms with Crippen molar-refractivity contribution in [1.82, 2.24) is 0 Å². The van der Waals surface area contributed by atoms with E-state index in [1.54, 1.807) is 0 Å². The monoisotopic (exact) mass is 331 g/mol. The molecule has 0 saturated carbocycles. The van der Waals surface area contributed by atoms with Crippen LogP contribution < -0.4 is 4.90 Å². The van der Waals surface area contributed by atoms with Gasteiger partial charge in [0.2, 0.25) is 0 Å². The molecule has 2 aromatic rings. The molecule has 3 heteroatoms. The lowest BCUT2D eigenvalue weighted by molar-refractivity contribution is 0.887. The minimum atomic E-state index is 0.706. The minimum absolute atomic E-state index is 0.706. The number of anilines is 2. The molecular formula is C19H22ClNS. The summed E-state index contributed by atoms with van der Waals surface area (Å²) < 4.78 is 0. The zero-order valence-corrected chi connectivity index (χ0v) is 14.6. The molecule has 0 radical (unpaired) electrons. The van der Waals surface area contributed by atoms with Crippen LogP contribution in [0.25, 0.3) is 0 Å². The number of alkyl halides is 1. The Bertz CT molecular complexity index is 641. The number of aryl methyl sites for hydroxylation is 2. The molecule has 116 valence electrons. The molecule has 1 aliphatic rings. The van der Waals surface area contributed by atoms with Crippen molar-refractivity contribution in [2.24, 2.45) is 0 Å². The number of hydrogen-bond donors (Lipinski definition) is 0. The van der Waals surface area contributed by atoms with E-state index in [1.807, 2.05) is 11.8 Å². The second kappa shape index (κ2) is 7.43. The average molecular weight is 332 g/mol. The summed E-state index contributed by atoms with van der Waals surface area (Å²) in [5.74, 6) is 1.81. The van der Waals surface area contributed by atoms with E-state index >= 15 is 0 Å². The van der Waals surface area contributed by atoms with Gasteiger partial charge in [0.15, 0.2) is 0 Å². The van der Waals surface area contributed by atoms with Crippen LogP contribution in [0.15, 0.2) is 47.4 Å². The summed E-state index contributed by atoms with van der Waals surface area (Å²) in [6, 6.07) is 15.7. The third-order valence-corrected chi connectivity index (χ3v) is 5.26. The molecular weight excluding hydrogens is 310 g/mol. The highest BCUT2D eigenvalue weighted by atomic mass is 35.5. The molecule has 22 heavy (non-hydrogen) atoms. The molecule has 3 rings (SSSR count). The van der Waals surface area contributed by atoms with Gasteiger partial charge in [0.05, 0.1) is 0 Å². The average Bonchev–Trinajstić information content (AvgIpc) is 2.70. The van der Waals surface area contributed by atoms with Crippen LogP contribution in [0.1, 0.15) is 24.5 Å². The van der Waals surface area contributed by atoms with Crippen molar-refractivity contribution in [2.45, 2.75) is 31.1 Å². The molecule has 0 fully saturated rings. The van der Waals surface area contributed by atoms with E-state index in [0.29, 0.717) is 5.88 Å². The maximum Gasteiger partial charge on any atom is 0.0454 e. The zero-order chi connectivity index (χ0) is 15.4. The first-order valence-corrected chi connectivity index (χ1v) is 9.52. The van der Waals surface area contributed by atoms with Crippen molar-refractivity contribution in [1.29, 1.82) is 0 Å². The van der Waals surface area contributed by atoms with Crippen LogP contribution in [-0.2, 0) is 12.8 Å². The maximum atomic E-state index is 5.97. The second-order valence-corrected chi connectivity index (χ2v) is 7.26. The van der Waals surface area contributed by atoms with Crippen LogP contribution in [0.2, 0.25) is 0 Å². The molecule has 1 heterocycles. The highest BCUT2D eigenvalue weighted by molar-refractivity contribution is 7.99. The van der Waals surface area contributed by atoms with Gasteiger partial charge in [-0.15, -0.1) is 23.4 Å². The summed E-state index contributed by atoms with van der Waals surface area (Å²) in [6.45, 7) is 3.19. The highest BCUT2D eigenvalue weighted by Gasteiger charge is 2.20. The predicted molar refractivity (Wildman–Crippen MR) is 99.0 cm³/mol. The lowest BCUT2D eigenvalue weighted by Crippen LogP contribution is -2.20. The van der Waals surface area contributed by atoms with Gasteiger partial charge in [0.1, 0.15) is 0 Å². The summed E-state index contributed by atoms with van der Waals surface area (Å²) >= 11 is 7.88. The molecule has 0 unspecified atom stereocenters. The van der Waals surface area contributed by atoms with Crippen molar-refractivity contribution < 1.29 is 0 Å². The Morgan fingerprint density at radius 1 is 1.05 bits per heavy atom. The standard InChI is InChI=1S/C19H22ClNS/c1-2-22-17-11-10-16-9-8-15-6-3-4-7-18(15)21(13-5-12-20)19(16)14-17/h3-4,6-7,10-11,14H,2,5,8-9,12-13H2,1H3. The fourth-order valence-corrected chi connectivity index (χ4v) is 3.92. The number of hydrogen-bond acceptors (Lipinski definition) is 2. The van der Waals surface area contributed by atoms with Crippen molar-refractivity contribution >= 4 is 34.7 Å². The third-order valence-electron chi connectivity index (χ3n) is 4.12. The third kappa shape index (κ3) is 3.28. The summed E-state index contributed by atoms with van der Waals surface area (Å²) in [6.07, 6.45) is 3.22. The molecule has 0 bridgehead atoms. The number of rotatable bonds is 5. The van der Waals surface area contributed by atoms with E-state index in [9.17, 15) is 0 Å². The fourth-order valence-electron chi connectivity index (χ4n) is 3.11. The molecule has 0 aromatic heterocycles.